The summed E-state index contributed by atoms with van der Waals surface area (Å²) in [6.45, 7) is 5.97. The number of furan rings is 1. The lowest BCUT2D eigenvalue weighted by molar-refractivity contribution is 0.0660. The fraction of sp³-hybridized carbons (Fsp3) is 0.643. The molecule has 106 valence electrons. The number of likely N-dealkylation sites (tertiary alicyclic amines) is 1. The third-order valence-corrected chi connectivity index (χ3v) is 3.71. The molecule has 1 aliphatic rings. The highest BCUT2D eigenvalue weighted by molar-refractivity contribution is 5.86. The van der Waals surface area contributed by atoms with E-state index in [0.717, 1.165) is 6.54 Å². The lowest BCUT2D eigenvalue weighted by atomic mass is 10.1. The monoisotopic (exact) mass is 266 g/mol. The third kappa shape index (κ3) is 3.81. The van der Waals surface area contributed by atoms with Crippen molar-refractivity contribution in [2.75, 3.05) is 19.6 Å². The van der Waals surface area contributed by atoms with Crippen LogP contribution >= 0.6 is 0 Å². The molecule has 1 unspecified atom stereocenters. The van der Waals surface area contributed by atoms with Crippen LogP contribution < -0.4 is 5.32 Å². The van der Waals surface area contributed by atoms with Crippen LogP contribution in [0.25, 0.3) is 0 Å². The molecule has 1 atom stereocenters. The maximum Gasteiger partial charge on any atom is 0.372 e. The molecule has 0 aromatic carbocycles. The molecule has 2 N–H and O–H groups in total. The number of carbonyl (C=O) groups is 1. The number of hydrogen-bond acceptors (Lipinski definition) is 4. The molecule has 1 saturated heterocycles. The van der Waals surface area contributed by atoms with E-state index < -0.39 is 5.97 Å². The van der Waals surface area contributed by atoms with E-state index in [1.54, 1.807) is 6.07 Å². The Kier molecular flexibility index (Phi) is 4.99. The molecule has 5 nitrogen and oxygen atoms in total. The Labute approximate surface area is 113 Å². The number of carboxylic acids is 1. The van der Waals surface area contributed by atoms with Crippen LogP contribution in [0.15, 0.2) is 16.7 Å². The predicted octanol–water partition coefficient (Wildman–Crippen LogP) is 1.94. The fourth-order valence-corrected chi connectivity index (χ4v) is 2.57. The quantitative estimate of drug-likeness (QED) is 0.823. The molecule has 2 heterocycles. The maximum atomic E-state index is 10.9. The van der Waals surface area contributed by atoms with Crippen LogP contribution in [0.2, 0.25) is 0 Å². The lowest BCUT2D eigenvalue weighted by Crippen LogP contribution is -2.43. The smallest absolute Gasteiger partial charge is 0.372 e. The minimum Gasteiger partial charge on any atom is -0.475 e. The normalized spacial score (nSPS) is 18.4. The van der Waals surface area contributed by atoms with E-state index >= 15 is 0 Å². The first-order chi connectivity index (χ1) is 9.18. The minimum absolute atomic E-state index is 0.0399. The Morgan fingerprint density at radius 1 is 1.47 bits per heavy atom. The van der Waals surface area contributed by atoms with Gasteiger partial charge in [0.05, 0.1) is 6.26 Å². The largest absolute Gasteiger partial charge is 0.475 e. The van der Waals surface area contributed by atoms with Gasteiger partial charge in [0, 0.05) is 24.7 Å². The molecule has 19 heavy (non-hydrogen) atoms. The van der Waals surface area contributed by atoms with Crippen molar-refractivity contribution in [1.29, 1.82) is 0 Å². The Hall–Kier alpha value is -1.33. The number of rotatable bonds is 6. The lowest BCUT2D eigenvalue weighted by Gasteiger charge is -2.32. The number of nitrogens with one attached hydrogen (secondary N) is 1. The highest BCUT2D eigenvalue weighted by atomic mass is 16.4. The molecule has 0 aliphatic carbocycles. The first-order valence-corrected chi connectivity index (χ1v) is 6.93. The van der Waals surface area contributed by atoms with Crippen molar-refractivity contribution in [3.8, 4) is 0 Å². The van der Waals surface area contributed by atoms with Crippen molar-refractivity contribution >= 4 is 5.97 Å². The summed E-state index contributed by atoms with van der Waals surface area (Å²) in [5.74, 6) is -0.969. The Morgan fingerprint density at radius 3 is 2.89 bits per heavy atom. The van der Waals surface area contributed by atoms with E-state index in [2.05, 4.69) is 17.1 Å². The molecule has 0 radical (unpaired) electrons. The highest BCUT2D eigenvalue weighted by Crippen LogP contribution is 2.12. The number of piperidine rings is 1. The van der Waals surface area contributed by atoms with Crippen molar-refractivity contribution in [2.45, 2.75) is 38.8 Å². The van der Waals surface area contributed by atoms with Crippen molar-refractivity contribution in [3.63, 3.8) is 0 Å². The fourth-order valence-electron chi connectivity index (χ4n) is 2.57. The second-order valence-corrected chi connectivity index (χ2v) is 5.16. The van der Waals surface area contributed by atoms with Crippen LogP contribution in [0.3, 0.4) is 0 Å². The zero-order chi connectivity index (χ0) is 13.7. The van der Waals surface area contributed by atoms with Gasteiger partial charge < -0.3 is 14.8 Å². The second-order valence-electron chi connectivity index (χ2n) is 5.16. The molecule has 1 aromatic rings. The van der Waals surface area contributed by atoms with Gasteiger partial charge in [0.1, 0.15) is 0 Å². The number of nitrogens with zero attached hydrogens (tertiary/aromatic N) is 1. The zero-order valence-electron chi connectivity index (χ0n) is 11.4. The summed E-state index contributed by atoms with van der Waals surface area (Å²) in [4.78, 5) is 13.4. The van der Waals surface area contributed by atoms with Gasteiger partial charge in [-0.25, -0.2) is 4.79 Å². The topological polar surface area (TPSA) is 65.7 Å². The predicted molar refractivity (Wildman–Crippen MR) is 72.3 cm³/mol. The zero-order valence-corrected chi connectivity index (χ0v) is 11.4. The molecule has 5 heteroatoms. The number of hydrogen-bond donors (Lipinski definition) is 2. The van der Waals surface area contributed by atoms with Gasteiger partial charge >= 0.3 is 5.97 Å². The summed E-state index contributed by atoms with van der Waals surface area (Å²) < 4.78 is 4.95. The van der Waals surface area contributed by atoms with Crippen LogP contribution in [0.1, 0.15) is 42.3 Å². The summed E-state index contributed by atoms with van der Waals surface area (Å²) in [6, 6.07) is 2.20. The van der Waals surface area contributed by atoms with E-state index in [0.29, 0.717) is 18.2 Å². The van der Waals surface area contributed by atoms with Gasteiger partial charge in [-0.05, 0) is 38.9 Å². The first kappa shape index (κ1) is 14.1. The number of aromatic carboxylic acids is 1. The highest BCUT2D eigenvalue weighted by Gasteiger charge is 2.17. The van der Waals surface area contributed by atoms with Crippen molar-refractivity contribution in [3.05, 3.63) is 23.7 Å². The van der Waals surface area contributed by atoms with E-state index in [1.807, 2.05) is 0 Å². The summed E-state index contributed by atoms with van der Waals surface area (Å²) in [6.07, 6.45) is 5.34. The molecule has 1 fully saturated rings. The van der Waals surface area contributed by atoms with Gasteiger partial charge in [-0.1, -0.05) is 6.42 Å². The molecule has 1 aliphatic heterocycles. The molecule has 2 rings (SSSR count). The van der Waals surface area contributed by atoms with Gasteiger partial charge in [0.25, 0.3) is 0 Å². The standard InChI is InChI=1S/C14H22N2O3/c1-11(16-6-3-2-4-7-16)9-15-10-12-5-8-19-13(12)14(17)18/h5,8,11,15H,2-4,6-7,9-10H2,1H3,(H,17,18). The summed E-state index contributed by atoms with van der Waals surface area (Å²) in [5, 5.41) is 12.3. The summed E-state index contributed by atoms with van der Waals surface area (Å²) in [7, 11) is 0. The average molecular weight is 266 g/mol. The van der Waals surface area contributed by atoms with Gasteiger partial charge in [-0.3, -0.25) is 4.90 Å². The second kappa shape index (κ2) is 6.73. The molecule has 0 saturated carbocycles. The minimum atomic E-state index is -1.01. The molecule has 1 aromatic heterocycles. The average Bonchev–Trinajstić information content (AvgIpc) is 2.88. The van der Waals surface area contributed by atoms with Crippen LogP contribution in [0.4, 0.5) is 0 Å². The van der Waals surface area contributed by atoms with Gasteiger partial charge in [0.15, 0.2) is 0 Å². The molecular weight excluding hydrogens is 244 g/mol. The third-order valence-electron chi connectivity index (χ3n) is 3.71. The maximum absolute atomic E-state index is 10.9. The van der Waals surface area contributed by atoms with Crippen LogP contribution in [-0.4, -0.2) is 41.7 Å². The SMILES string of the molecule is CC(CNCc1ccoc1C(=O)O)N1CCCCC1. The molecule has 0 spiro atoms. The first-order valence-electron chi connectivity index (χ1n) is 6.93. The summed E-state index contributed by atoms with van der Waals surface area (Å²) in [5.41, 5.74) is 0.707. The number of carboxylic acid groups (broad SMARTS) is 1. The summed E-state index contributed by atoms with van der Waals surface area (Å²) >= 11 is 0. The van der Waals surface area contributed by atoms with E-state index in [1.165, 1.54) is 38.6 Å². The Morgan fingerprint density at radius 2 is 2.21 bits per heavy atom. The van der Waals surface area contributed by atoms with Crippen LogP contribution in [-0.2, 0) is 6.54 Å². The van der Waals surface area contributed by atoms with Gasteiger partial charge in [0.2, 0.25) is 5.76 Å². The van der Waals surface area contributed by atoms with Crippen LogP contribution in [0, 0.1) is 0 Å². The molecule has 0 amide bonds. The van der Waals surface area contributed by atoms with E-state index in [9.17, 15) is 4.79 Å². The molecular formula is C14H22N2O3. The van der Waals surface area contributed by atoms with Crippen molar-refractivity contribution < 1.29 is 14.3 Å². The van der Waals surface area contributed by atoms with Crippen molar-refractivity contribution in [1.82, 2.24) is 10.2 Å². The molecule has 0 bridgehead atoms. The Balaban J connectivity index is 1.76. The Bertz CT molecular complexity index is 411. The van der Waals surface area contributed by atoms with E-state index in [-0.39, 0.29) is 5.76 Å². The van der Waals surface area contributed by atoms with Crippen molar-refractivity contribution in [2.24, 2.45) is 0 Å². The van der Waals surface area contributed by atoms with E-state index in [4.69, 9.17) is 9.52 Å². The van der Waals surface area contributed by atoms with Crippen LogP contribution in [0.5, 0.6) is 0 Å². The van der Waals surface area contributed by atoms with Gasteiger partial charge in [-0.15, -0.1) is 0 Å². The van der Waals surface area contributed by atoms with Gasteiger partial charge in [-0.2, -0.15) is 0 Å².